The fourth-order valence-corrected chi connectivity index (χ4v) is 1.84. The second-order valence-corrected chi connectivity index (χ2v) is 3.19. The average Bonchev–Trinajstić information content (AvgIpc) is 1.74. The predicted molar refractivity (Wildman–Crippen MR) is 37.4 cm³/mol. The second-order valence-electron chi connectivity index (χ2n) is 3.19. The summed E-state index contributed by atoms with van der Waals surface area (Å²) in [6.07, 6.45) is 2.81. The molecule has 0 radical (unpaired) electrons. The van der Waals surface area contributed by atoms with Gasteiger partial charge in [-0.2, -0.15) is 0 Å². The van der Waals surface area contributed by atoms with Gasteiger partial charge < -0.3 is 10.2 Å². The maximum atomic E-state index is 3.51. The second kappa shape index (κ2) is 1.96. The first-order chi connectivity index (χ1) is 4.38. The van der Waals surface area contributed by atoms with Crippen molar-refractivity contribution in [3.63, 3.8) is 0 Å². The molecule has 1 saturated carbocycles. The van der Waals surface area contributed by atoms with E-state index >= 15 is 0 Å². The van der Waals surface area contributed by atoms with Crippen molar-refractivity contribution < 1.29 is 0 Å². The zero-order valence-electron chi connectivity index (χ0n) is 5.93. The Bertz CT molecular complexity index is 107. The molecule has 52 valence electrons. The Hall–Kier alpha value is -0.0800. The number of nitrogens with one attached hydrogen (secondary N) is 1. The Morgan fingerprint density at radius 3 is 2.78 bits per heavy atom. The summed E-state index contributed by atoms with van der Waals surface area (Å²) in [5.74, 6) is 0. The highest BCUT2D eigenvalue weighted by atomic mass is 15.2. The lowest BCUT2D eigenvalue weighted by Gasteiger charge is -2.47. The number of rotatable bonds is 0. The van der Waals surface area contributed by atoms with E-state index in [0.717, 1.165) is 12.1 Å². The number of nitrogens with zero attached hydrogens (tertiary/aromatic N) is 1. The van der Waals surface area contributed by atoms with Crippen LogP contribution in [0, 0.1) is 0 Å². The van der Waals surface area contributed by atoms with Crippen molar-refractivity contribution >= 4 is 0 Å². The summed E-state index contributed by atoms with van der Waals surface area (Å²) in [6, 6.07) is 1.71. The van der Waals surface area contributed by atoms with E-state index < -0.39 is 0 Å². The Morgan fingerprint density at radius 1 is 1.44 bits per heavy atom. The molecule has 0 bridgehead atoms. The highest BCUT2D eigenvalue weighted by molar-refractivity contribution is 4.96. The van der Waals surface area contributed by atoms with Gasteiger partial charge in [-0.15, -0.1) is 0 Å². The molecule has 0 spiro atoms. The summed E-state index contributed by atoms with van der Waals surface area (Å²) in [6.45, 7) is 2.43. The average molecular weight is 126 g/mol. The molecule has 2 aliphatic rings. The van der Waals surface area contributed by atoms with Crippen molar-refractivity contribution in [2.24, 2.45) is 0 Å². The molecule has 2 fully saturated rings. The van der Waals surface area contributed by atoms with Crippen LogP contribution in [-0.2, 0) is 0 Å². The highest BCUT2D eigenvalue weighted by Gasteiger charge is 2.35. The fraction of sp³-hybridized carbons (Fsp3) is 1.00. The Morgan fingerprint density at radius 2 is 2.33 bits per heavy atom. The van der Waals surface area contributed by atoms with E-state index in [0.29, 0.717) is 0 Å². The minimum atomic E-state index is 0.837. The summed E-state index contributed by atoms with van der Waals surface area (Å²) in [5, 5.41) is 3.51. The van der Waals surface area contributed by atoms with Gasteiger partial charge in [0.05, 0.1) is 0 Å². The van der Waals surface area contributed by atoms with Gasteiger partial charge in [-0.05, 0) is 19.9 Å². The number of likely N-dealkylation sites (N-methyl/N-ethyl adjacent to an activating group) is 1. The van der Waals surface area contributed by atoms with E-state index in [2.05, 4.69) is 17.3 Å². The van der Waals surface area contributed by atoms with Crippen molar-refractivity contribution in [1.82, 2.24) is 10.2 Å². The molecule has 0 aromatic carbocycles. The standard InChI is InChI=1S/C7H14N2/c1-9-5-4-8-6-2-3-7(6)9/h6-8H,2-5H2,1H3/t6-,7-/m1/s1. The molecule has 1 aliphatic carbocycles. The summed E-state index contributed by atoms with van der Waals surface area (Å²) in [7, 11) is 2.23. The molecule has 1 N–H and O–H groups in total. The maximum absolute atomic E-state index is 3.51. The quantitative estimate of drug-likeness (QED) is 0.493. The van der Waals surface area contributed by atoms with E-state index in [-0.39, 0.29) is 0 Å². The van der Waals surface area contributed by atoms with Crippen LogP contribution in [-0.4, -0.2) is 37.1 Å². The Balaban J connectivity index is 1.98. The summed E-state index contributed by atoms with van der Waals surface area (Å²) < 4.78 is 0. The normalized spacial score (nSPS) is 43.7. The van der Waals surface area contributed by atoms with Crippen LogP contribution in [0.5, 0.6) is 0 Å². The van der Waals surface area contributed by atoms with Crippen molar-refractivity contribution in [2.45, 2.75) is 24.9 Å². The van der Waals surface area contributed by atoms with Crippen LogP contribution in [0.25, 0.3) is 0 Å². The van der Waals surface area contributed by atoms with Gasteiger partial charge >= 0.3 is 0 Å². The zero-order chi connectivity index (χ0) is 6.27. The van der Waals surface area contributed by atoms with Gasteiger partial charge in [0.2, 0.25) is 0 Å². The predicted octanol–water partition coefficient (Wildman–Crippen LogP) is 0.0524. The molecule has 1 heterocycles. The summed E-state index contributed by atoms with van der Waals surface area (Å²) >= 11 is 0. The van der Waals surface area contributed by atoms with Crippen LogP contribution in [0.4, 0.5) is 0 Å². The summed E-state index contributed by atoms with van der Waals surface area (Å²) in [4.78, 5) is 2.48. The van der Waals surface area contributed by atoms with E-state index in [9.17, 15) is 0 Å². The van der Waals surface area contributed by atoms with Crippen molar-refractivity contribution in [1.29, 1.82) is 0 Å². The molecular weight excluding hydrogens is 112 g/mol. The maximum Gasteiger partial charge on any atom is 0.0247 e. The van der Waals surface area contributed by atoms with Gasteiger partial charge in [0, 0.05) is 25.2 Å². The van der Waals surface area contributed by atoms with Crippen molar-refractivity contribution in [3.05, 3.63) is 0 Å². The van der Waals surface area contributed by atoms with Crippen LogP contribution >= 0.6 is 0 Å². The van der Waals surface area contributed by atoms with Crippen molar-refractivity contribution in [3.8, 4) is 0 Å². The summed E-state index contributed by atoms with van der Waals surface area (Å²) in [5.41, 5.74) is 0. The number of hydrogen-bond donors (Lipinski definition) is 1. The van der Waals surface area contributed by atoms with E-state index in [4.69, 9.17) is 0 Å². The Kier molecular flexibility index (Phi) is 1.24. The van der Waals surface area contributed by atoms with E-state index in [1.807, 2.05) is 0 Å². The molecule has 2 rings (SSSR count). The van der Waals surface area contributed by atoms with Gasteiger partial charge in [0.15, 0.2) is 0 Å². The number of piperazine rings is 1. The van der Waals surface area contributed by atoms with Gasteiger partial charge in [-0.3, -0.25) is 0 Å². The lowest BCUT2D eigenvalue weighted by Crippen LogP contribution is -2.61. The minimum absolute atomic E-state index is 0.837. The van der Waals surface area contributed by atoms with Gasteiger partial charge in [-0.1, -0.05) is 0 Å². The topological polar surface area (TPSA) is 15.3 Å². The first-order valence-electron chi connectivity index (χ1n) is 3.81. The Labute approximate surface area is 56.2 Å². The molecule has 0 unspecified atom stereocenters. The first kappa shape index (κ1) is 5.69. The largest absolute Gasteiger partial charge is 0.311 e. The van der Waals surface area contributed by atoms with Crippen molar-refractivity contribution in [2.75, 3.05) is 20.1 Å². The van der Waals surface area contributed by atoms with Gasteiger partial charge in [0.1, 0.15) is 0 Å². The van der Waals surface area contributed by atoms with Crippen LogP contribution in [0.15, 0.2) is 0 Å². The molecule has 0 amide bonds. The van der Waals surface area contributed by atoms with Crippen LogP contribution < -0.4 is 5.32 Å². The molecule has 0 aromatic rings. The molecule has 9 heavy (non-hydrogen) atoms. The van der Waals surface area contributed by atoms with E-state index in [1.54, 1.807) is 0 Å². The van der Waals surface area contributed by atoms with Crippen LogP contribution in [0.1, 0.15) is 12.8 Å². The molecule has 2 atom stereocenters. The smallest absolute Gasteiger partial charge is 0.0247 e. The fourth-order valence-electron chi connectivity index (χ4n) is 1.84. The molecule has 2 nitrogen and oxygen atoms in total. The number of fused-ring (bicyclic) bond motifs is 1. The molecule has 1 aliphatic heterocycles. The van der Waals surface area contributed by atoms with Crippen LogP contribution in [0.3, 0.4) is 0 Å². The minimum Gasteiger partial charge on any atom is -0.311 e. The SMILES string of the molecule is CN1CCN[C@@H]2CC[C@H]21. The lowest BCUT2D eigenvalue weighted by atomic mass is 9.84. The molecule has 2 heteroatoms. The molecule has 1 saturated heterocycles. The van der Waals surface area contributed by atoms with Gasteiger partial charge in [-0.25, -0.2) is 0 Å². The third-order valence-corrected chi connectivity index (χ3v) is 2.68. The third kappa shape index (κ3) is 0.775. The first-order valence-corrected chi connectivity index (χ1v) is 3.81. The monoisotopic (exact) mass is 126 g/mol. The van der Waals surface area contributed by atoms with Gasteiger partial charge in [0.25, 0.3) is 0 Å². The van der Waals surface area contributed by atoms with E-state index in [1.165, 1.54) is 25.9 Å². The number of hydrogen-bond acceptors (Lipinski definition) is 2. The zero-order valence-corrected chi connectivity index (χ0v) is 5.93. The molecule has 0 aromatic heterocycles. The highest BCUT2D eigenvalue weighted by Crippen LogP contribution is 2.26. The third-order valence-electron chi connectivity index (χ3n) is 2.68. The lowest BCUT2D eigenvalue weighted by molar-refractivity contribution is 0.0750. The molecular formula is C7H14N2. The van der Waals surface area contributed by atoms with Crippen LogP contribution in [0.2, 0.25) is 0 Å².